The summed E-state index contributed by atoms with van der Waals surface area (Å²) in [6.45, 7) is 8.08. The van der Waals surface area contributed by atoms with Crippen LogP contribution in [0.4, 0.5) is 0 Å². The van der Waals surface area contributed by atoms with E-state index in [4.69, 9.17) is 0 Å². The van der Waals surface area contributed by atoms with Crippen LogP contribution in [0, 0.1) is 20.8 Å². The monoisotopic (exact) mass is 241 g/mol. The molecule has 2 aromatic rings. The Morgan fingerprint density at radius 2 is 1.78 bits per heavy atom. The SMILES string of the molecule is Cc1cc(C)c(CNCc2cccnn2)cc1C. The van der Waals surface area contributed by atoms with E-state index >= 15 is 0 Å². The van der Waals surface area contributed by atoms with E-state index in [1.807, 2.05) is 12.1 Å². The number of aryl methyl sites for hydroxylation is 3. The van der Waals surface area contributed by atoms with E-state index in [1.165, 1.54) is 22.3 Å². The van der Waals surface area contributed by atoms with E-state index in [9.17, 15) is 0 Å². The fourth-order valence-corrected chi connectivity index (χ4v) is 1.96. The molecule has 94 valence electrons. The maximum atomic E-state index is 4.05. The quantitative estimate of drug-likeness (QED) is 0.894. The van der Waals surface area contributed by atoms with Gasteiger partial charge in [-0.05, 0) is 55.2 Å². The Labute approximate surface area is 108 Å². The Bertz CT molecular complexity index is 521. The maximum Gasteiger partial charge on any atom is 0.0769 e. The molecule has 0 aliphatic rings. The van der Waals surface area contributed by atoms with Gasteiger partial charge < -0.3 is 5.32 Å². The van der Waals surface area contributed by atoms with Gasteiger partial charge in [-0.15, -0.1) is 0 Å². The van der Waals surface area contributed by atoms with Gasteiger partial charge in [0, 0.05) is 19.3 Å². The normalized spacial score (nSPS) is 10.6. The van der Waals surface area contributed by atoms with Crippen LogP contribution in [0.3, 0.4) is 0 Å². The third-order valence-corrected chi connectivity index (χ3v) is 3.20. The second kappa shape index (κ2) is 5.74. The molecule has 0 saturated heterocycles. The number of benzene rings is 1. The van der Waals surface area contributed by atoms with Gasteiger partial charge >= 0.3 is 0 Å². The minimum absolute atomic E-state index is 0.750. The van der Waals surface area contributed by atoms with Crippen molar-refractivity contribution in [3.63, 3.8) is 0 Å². The van der Waals surface area contributed by atoms with Crippen LogP contribution in [0.15, 0.2) is 30.5 Å². The lowest BCUT2D eigenvalue weighted by Crippen LogP contribution is -2.15. The smallest absolute Gasteiger partial charge is 0.0769 e. The zero-order chi connectivity index (χ0) is 13.0. The predicted octanol–water partition coefficient (Wildman–Crippen LogP) is 2.69. The van der Waals surface area contributed by atoms with Crippen molar-refractivity contribution in [2.24, 2.45) is 0 Å². The van der Waals surface area contributed by atoms with Crippen LogP contribution in [-0.4, -0.2) is 10.2 Å². The lowest BCUT2D eigenvalue weighted by molar-refractivity contribution is 0.667. The summed E-state index contributed by atoms with van der Waals surface area (Å²) in [6, 6.07) is 8.39. The molecule has 3 heteroatoms. The first kappa shape index (κ1) is 12.7. The highest BCUT2D eigenvalue weighted by Crippen LogP contribution is 2.15. The van der Waals surface area contributed by atoms with Crippen LogP contribution < -0.4 is 5.32 Å². The van der Waals surface area contributed by atoms with E-state index in [-0.39, 0.29) is 0 Å². The summed E-state index contributed by atoms with van der Waals surface area (Å²) in [5.41, 5.74) is 6.35. The zero-order valence-corrected chi connectivity index (χ0v) is 11.2. The molecule has 0 spiro atoms. The van der Waals surface area contributed by atoms with E-state index < -0.39 is 0 Å². The minimum atomic E-state index is 0.750. The first-order valence-corrected chi connectivity index (χ1v) is 6.21. The Morgan fingerprint density at radius 1 is 1.00 bits per heavy atom. The third kappa shape index (κ3) is 3.14. The molecule has 1 N–H and O–H groups in total. The molecule has 0 amide bonds. The molecule has 1 aromatic heterocycles. The molecule has 18 heavy (non-hydrogen) atoms. The van der Waals surface area contributed by atoms with Gasteiger partial charge in [-0.25, -0.2) is 0 Å². The molecule has 0 saturated carbocycles. The van der Waals surface area contributed by atoms with Crippen LogP contribution in [0.5, 0.6) is 0 Å². The van der Waals surface area contributed by atoms with Crippen molar-refractivity contribution in [3.05, 3.63) is 58.4 Å². The van der Waals surface area contributed by atoms with Crippen LogP contribution in [0.2, 0.25) is 0 Å². The molecular weight excluding hydrogens is 222 g/mol. The van der Waals surface area contributed by atoms with Gasteiger partial charge in [-0.1, -0.05) is 12.1 Å². The summed E-state index contributed by atoms with van der Waals surface area (Å²) < 4.78 is 0. The van der Waals surface area contributed by atoms with Crippen molar-refractivity contribution in [2.75, 3.05) is 0 Å². The number of nitrogens with zero attached hydrogens (tertiary/aromatic N) is 2. The molecule has 3 nitrogen and oxygen atoms in total. The van der Waals surface area contributed by atoms with E-state index in [0.717, 1.165) is 18.8 Å². The summed E-state index contributed by atoms with van der Waals surface area (Å²) in [5, 5.41) is 11.3. The van der Waals surface area contributed by atoms with Crippen molar-refractivity contribution in [2.45, 2.75) is 33.9 Å². The molecule has 0 atom stereocenters. The van der Waals surface area contributed by atoms with Crippen LogP contribution >= 0.6 is 0 Å². The first-order valence-electron chi connectivity index (χ1n) is 6.21. The number of aromatic nitrogens is 2. The average molecular weight is 241 g/mol. The molecule has 0 unspecified atom stereocenters. The molecule has 0 fully saturated rings. The first-order chi connectivity index (χ1) is 8.66. The van der Waals surface area contributed by atoms with E-state index in [0.29, 0.717) is 0 Å². The fourth-order valence-electron chi connectivity index (χ4n) is 1.96. The summed E-state index contributed by atoms with van der Waals surface area (Å²) in [6.07, 6.45) is 1.69. The van der Waals surface area contributed by atoms with Crippen molar-refractivity contribution in [1.29, 1.82) is 0 Å². The highest BCUT2D eigenvalue weighted by molar-refractivity contribution is 5.36. The number of hydrogen-bond donors (Lipinski definition) is 1. The minimum Gasteiger partial charge on any atom is -0.307 e. The second-order valence-electron chi connectivity index (χ2n) is 4.68. The third-order valence-electron chi connectivity index (χ3n) is 3.20. The Kier molecular flexibility index (Phi) is 4.05. The van der Waals surface area contributed by atoms with Gasteiger partial charge in [-0.2, -0.15) is 10.2 Å². The second-order valence-corrected chi connectivity index (χ2v) is 4.68. The van der Waals surface area contributed by atoms with Crippen molar-refractivity contribution < 1.29 is 0 Å². The Hall–Kier alpha value is -1.74. The summed E-state index contributed by atoms with van der Waals surface area (Å²) >= 11 is 0. The van der Waals surface area contributed by atoms with Gasteiger partial charge in [0.15, 0.2) is 0 Å². The fraction of sp³-hybridized carbons (Fsp3) is 0.333. The number of rotatable bonds is 4. The number of hydrogen-bond acceptors (Lipinski definition) is 3. The topological polar surface area (TPSA) is 37.8 Å². The predicted molar refractivity (Wildman–Crippen MR) is 73.2 cm³/mol. The lowest BCUT2D eigenvalue weighted by Gasteiger charge is -2.10. The summed E-state index contributed by atoms with van der Waals surface area (Å²) in [7, 11) is 0. The summed E-state index contributed by atoms with van der Waals surface area (Å²) in [5.74, 6) is 0. The van der Waals surface area contributed by atoms with Gasteiger partial charge in [0.05, 0.1) is 5.69 Å². The summed E-state index contributed by atoms with van der Waals surface area (Å²) in [4.78, 5) is 0. The van der Waals surface area contributed by atoms with Gasteiger partial charge in [0.2, 0.25) is 0 Å². The molecule has 0 aliphatic carbocycles. The van der Waals surface area contributed by atoms with E-state index in [1.54, 1.807) is 6.20 Å². The number of nitrogens with one attached hydrogen (secondary N) is 1. The van der Waals surface area contributed by atoms with Crippen LogP contribution in [0.25, 0.3) is 0 Å². The molecular formula is C15H19N3. The Morgan fingerprint density at radius 3 is 2.50 bits per heavy atom. The average Bonchev–Trinajstić information content (AvgIpc) is 2.37. The van der Waals surface area contributed by atoms with Crippen LogP contribution in [-0.2, 0) is 13.1 Å². The maximum absolute atomic E-state index is 4.05. The van der Waals surface area contributed by atoms with Crippen molar-refractivity contribution in [3.8, 4) is 0 Å². The molecule has 2 rings (SSSR count). The van der Waals surface area contributed by atoms with Gasteiger partial charge in [0.25, 0.3) is 0 Å². The zero-order valence-electron chi connectivity index (χ0n) is 11.2. The standard InChI is InChI=1S/C15H19N3/c1-11-7-13(3)14(8-12(11)2)9-16-10-15-5-4-6-17-18-15/h4-8,16H,9-10H2,1-3H3. The molecule has 1 aromatic carbocycles. The van der Waals surface area contributed by atoms with E-state index in [2.05, 4.69) is 48.4 Å². The molecule has 0 radical (unpaired) electrons. The van der Waals surface area contributed by atoms with Crippen LogP contribution in [0.1, 0.15) is 27.9 Å². The van der Waals surface area contributed by atoms with Gasteiger partial charge in [0.1, 0.15) is 0 Å². The molecule has 0 bridgehead atoms. The van der Waals surface area contributed by atoms with Crippen molar-refractivity contribution >= 4 is 0 Å². The Balaban J connectivity index is 1.97. The molecule has 0 aliphatic heterocycles. The van der Waals surface area contributed by atoms with Crippen molar-refractivity contribution in [1.82, 2.24) is 15.5 Å². The lowest BCUT2D eigenvalue weighted by atomic mass is 10.0. The molecule has 1 heterocycles. The highest BCUT2D eigenvalue weighted by atomic mass is 15.1. The highest BCUT2D eigenvalue weighted by Gasteiger charge is 2.02. The largest absolute Gasteiger partial charge is 0.307 e. The van der Waals surface area contributed by atoms with Gasteiger partial charge in [-0.3, -0.25) is 0 Å².